The zero-order chi connectivity index (χ0) is 14.4. The molecule has 1 saturated heterocycles. The molecule has 1 aromatic carbocycles. The van der Waals surface area contributed by atoms with Gasteiger partial charge in [-0.3, -0.25) is 0 Å². The van der Waals surface area contributed by atoms with Gasteiger partial charge in [-0.15, -0.1) is 0 Å². The summed E-state index contributed by atoms with van der Waals surface area (Å²) in [6.07, 6.45) is 0.738. The minimum Gasteiger partial charge on any atom is -0.445 e. The van der Waals surface area contributed by atoms with Gasteiger partial charge >= 0.3 is 6.09 Å². The van der Waals surface area contributed by atoms with Crippen molar-refractivity contribution in [3.8, 4) is 0 Å². The topological polar surface area (TPSA) is 41.6 Å². The van der Waals surface area contributed by atoms with Crippen molar-refractivity contribution in [2.45, 2.75) is 19.1 Å². The third-order valence-corrected chi connectivity index (χ3v) is 4.29. The second-order valence-corrected chi connectivity index (χ2v) is 5.48. The van der Waals surface area contributed by atoms with Gasteiger partial charge in [0, 0.05) is 19.1 Å². The van der Waals surface area contributed by atoms with Crippen LogP contribution < -0.4 is 5.32 Å². The average molecular weight is 294 g/mol. The number of likely N-dealkylation sites (tertiary alicyclic amines) is 1. The lowest BCUT2D eigenvalue weighted by molar-refractivity contribution is 0.0757. The Morgan fingerprint density at radius 3 is 2.85 bits per heavy atom. The predicted octanol–water partition coefficient (Wildman–Crippen LogP) is 2.16. The van der Waals surface area contributed by atoms with Crippen molar-refractivity contribution in [3.63, 3.8) is 0 Å². The Morgan fingerprint density at radius 2 is 2.20 bits per heavy atom. The monoisotopic (exact) mass is 294 g/mol. The van der Waals surface area contributed by atoms with Crippen LogP contribution in [0.2, 0.25) is 0 Å². The minimum atomic E-state index is -0.230. The number of ether oxygens (including phenoxy) is 1. The summed E-state index contributed by atoms with van der Waals surface area (Å²) in [6, 6.07) is 10.0. The Labute approximate surface area is 125 Å². The van der Waals surface area contributed by atoms with E-state index in [1.54, 1.807) is 4.90 Å². The fourth-order valence-electron chi connectivity index (χ4n) is 2.52. The summed E-state index contributed by atoms with van der Waals surface area (Å²) < 4.78 is 5.37. The number of nitrogens with zero attached hydrogens (tertiary/aromatic N) is 1. The second kappa shape index (κ2) is 7.55. The number of nitrogens with one attached hydrogen (secondary N) is 1. The molecule has 1 aliphatic heterocycles. The molecule has 2 unspecified atom stereocenters. The van der Waals surface area contributed by atoms with Crippen LogP contribution in [0, 0.1) is 5.92 Å². The highest BCUT2D eigenvalue weighted by atomic mass is 32.1. The van der Waals surface area contributed by atoms with Crippen LogP contribution in [0.4, 0.5) is 4.79 Å². The van der Waals surface area contributed by atoms with Gasteiger partial charge in [-0.1, -0.05) is 30.3 Å². The van der Waals surface area contributed by atoms with Gasteiger partial charge in [-0.25, -0.2) is 4.79 Å². The number of hydrogen-bond donors (Lipinski definition) is 2. The molecule has 110 valence electrons. The number of likely N-dealkylation sites (N-methyl/N-ethyl adjacent to an activating group) is 1. The lowest BCUT2D eigenvalue weighted by Gasteiger charge is -2.37. The van der Waals surface area contributed by atoms with Gasteiger partial charge in [0.15, 0.2) is 0 Å². The molecule has 5 heteroatoms. The van der Waals surface area contributed by atoms with E-state index in [2.05, 4.69) is 17.9 Å². The number of carbonyl (C=O) groups is 1. The molecule has 0 spiro atoms. The van der Waals surface area contributed by atoms with Gasteiger partial charge in [0.2, 0.25) is 0 Å². The second-order valence-electron chi connectivity index (χ2n) is 5.11. The highest BCUT2D eigenvalue weighted by Gasteiger charge is 2.30. The Balaban J connectivity index is 1.84. The van der Waals surface area contributed by atoms with Crippen LogP contribution in [0.3, 0.4) is 0 Å². The minimum absolute atomic E-state index is 0.230. The lowest BCUT2D eigenvalue weighted by Crippen LogP contribution is -2.52. The molecule has 0 saturated carbocycles. The van der Waals surface area contributed by atoms with Gasteiger partial charge in [0.05, 0.1) is 0 Å². The van der Waals surface area contributed by atoms with Crippen molar-refractivity contribution in [2.75, 3.05) is 25.9 Å². The summed E-state index contributed by atoms with van der Waals surface area (Å²) in [5.41, 5.74) is 1.01. The van der Waals surface area contributed by atoms with Crippen molar-refractivity contribution in [3.05, 3.63) is 35.9 Å². The molecular formula is C15H22N2O2S. The van der Waals surface area contributed by atoms with E-state index in [9.17, 15) is 4.79 Å². The highest BCUT2D eigenvalue weighted by Crippen LogP contribution is 2.19. The molecule has 2 rings (SSSR count). The number of carbonyl (C=O) groups excluding carboxylic acids is 1. The van der Waals surface area contributed by atoms with E-state index < -0.39 is 0 Å². The summed E-state index contributed by atoms with van der Waals surface area (Å²) in [5, 5.41) is 3.27. The van der Waals surface area contributed by atoms with Crippen LogP contribution in [0.1, 0.15) is 12.0 Å². The molecule has 2 atom stereocenters. The molecule has 20 heavy (non-hydrogen) atoms. The summed E-state index contributed by atoms with van der Waals surface area (Å²) in [7, 11) is 1.93. The molecule has 1 amide bonds. The first-order chi connectivity index (χ1) is 9.74. The fourth-order valence-corrected chi connectivity index (χ4v) is 2.96. The largest absolute Gasteiger partial charge is 0.445 e. The first-order valence-electron chi connectivity index (χ1n) is 6.98. The third kappa shape index (κ3) is 3.90. The normalized spacial score (nSPS) is 22.6. The lowest BCUT2D eigenvalue weighted by atomic mass is 9.94. The number of rotatable bonds is 4. The molecule has 1 fully saturated rings. The Kier molecular flexibility index (Phi) is 5.73. The molecule has 0 radical (unpaired) electrons. The van der Waals surface area contributed by atoms with Crippen LogP contribution in [-0.4, -0.2) is 42.9 Å². The van der Waals surface area contributed by atoms with Crippen molar-refractivity contribution >= 4 is 18.7 Å². The van der Waals surface area contributed by atoms with E-state index in [-0.39, 0.29) is 6.09 Å². The van der Waals surface area contributed by atoms with Crippen molar-refractivity contribution in [1.29, 1.82) is 0 Å². The summed E-state index contributed by atoms with van der Waals surface area (Å²) in [6.45, 7) is 1.77. The van der Waals surface area contributed by atoms with E-state index >= 15 is 0 Å². The first-order valence-corrected chi connectivity index (χ1v) is 7.61. The molecule has 1 heterocycles. The maximum atomic E-state index is 12.1. The van der Waals surface area contributed by atoms with Gasteiger partial charge in [-0.05, 0) is 30.7 Å². The van der Waals surface area contributed by atoms with Crippen LogP contribution in [0.5, 0.6) is 0 Å². The predicted molar refractivity (Wildman–Crippen MR) is 83.0 cm³/mol. The maximum absolute atomic E-state index is 12.1. The Hall–Kier alpha value is -1.20. The first kappa shape index (κ1) is 15.2. The quantitative estimate of drug-likeness (QED) is 0.836. The van der Waals surface area contributed by atoms with Crippen LogP contribution in [-0.2, 0) is 11.3 Å². The molecule has 1 N–H and O–H groups in total. The van der Waals surface area contributed by atoms with E-state index in [1.807, 2.05) is 37.4 Å². The smallest absolute Gasteiger partial charge is 0.410 e. The molecule has 0 aromatic heterocycles. The molecule has 4 nitrogen and oxygen atoms in total. The van der Waals surface area contributed by atoms with E-state index in [0.717, 1.165) is 24.3 Å². The molecule has 0 bridgehead atoms. The van der Waals surface area contributed by atoms with Crippen molar-refractivity contribution in [2.24, 2.45) is 5.92 Å². The van der Waals surface area contributed by atoms with E-state index in [0.29, 0.717) is 25.1 Å². The molecule has 1 aromatic rings. The van der Waals surface area contributed by atoms with Crippen LogP contribution >= 0.6 is 12.6 Å². The zero-order valence-electron chi connectivity index (χ0n) is 11.8. The molecular weight excluding hydrogens is 272 g/mol. The zero-order valence-corrected chi connectivity index (χ0v) is 12.7. The van der Waals surface area contributed by atoms with Gasteiger partial charge in [0.25, 0.3) is 0 Å². The number of piperidine rings is 1. The summed E-state index contributed by atoms with van der Waals surface area (Å²) >= 11 is 4.37. The number of thiol groups is 1. The standard InChI is InChI=1S/C15H22N2O2S/c1-16-14-9-17(8-7-13(14)11-20)15(18)19-10-12-5-3-2-4-6-12/h2-6,13-14,16,20H,7-11H2,1H3. The third-order valence-electron chi connectivity index (χ3n) is 3.82. The molecule has 0 aliphatic carbocycles. The number of benzene rings is 1. The van der Waals surface area contributed by atoms with Gasteiger partial charge in [0.1, 0.15) is 6.61 Å². The van der Waals surface area contributed by atoms with Crippen LogP contribution in [0.15, 0.2) is 30.3 Å². The van der Waals surface area contributed by atoms with Gasteiger partial charge in [-0.2, -0.15) is 12.6 Å². The van der Waals surface area contributed by atoms with Crippen molar-refractivity contribution < 1.29 is 9.53 Å². The summed E-state index contributed by atoms with van der Waals surface area (Å²) in [5.74, 6) is 1.36. The average Bonchev–Trinajstić information content (AvgIpc) is 2.52. The maximum Gasteiger partial charge on any atom is 0.410 e. The van der Waals surface area contributed by atoms with E-state index in [1.165, 1.54) is 0 Å². The van der Waals surface area contributed by atoms with Gasteiger partial charge < -0.3 is 15.0 Å². The fraction of sp³-hybridized carbons (Fsp3) is 0.533. The molecule has 1 aliphatic rings. The number of amides is 1. The van der Waals surface area contributed by atoms with Crippen LogP contribution in [0.25, 0.3) is 0 Å². The SMILES string of the molecule is CNC1CN(C(=O)OCc2ccccc2)CCC1CS. The Bertz CT molecular complexity index is 427. The van der Waals surface area contributed by atoms with E-state index in [4.69, 9.17) is 4.74 Å². The highest BCUT2D eigenvalue weighted by molar-refractivity contribution is 7.80. The Morgan fingerprint density at radius 1 is 1.45 bits per heavy atom. The number of hydrogen-bond acceptors (Lipinski definition) is 4. The van der Waals surface area contributed by atoms with Crippen molar-refractivity contribution in [1.82, 2.24) is 10.2 Å². The summed E-state index contributed by atoms with van der Waals surface area (Å²) in [4.78, 5) is 13.9.